The molecule has 0 saturated heterocycles. The number of thiocarbonyl (C=S) groups is 1. The summed E-state index contributed by atoms with van der Waals surface area (Å²) >= 11 is 6.59. The Bertz CT molecular complexity index is 902. The van der Waals surface area contributed by atoms with Crippen molar-refractivity contribution in [3.8, 4) is 0 Å². The van der Waals surface area contributed by atoms with Crippen LogP contribution in [-0.2, 0) is 14.8 Å². The fraction of sp³-hybridized carbons (Fsp3) is 0.0588. The van der Waals surface area contributed by atoms with Gasteiger partial charge in [-0.15, -0.1) is 17.9 Å². The lowest BCUT2D eigenvalue weighted by Gasteiger charge is -2.09. The standard InChI is InChI=1S/C17H17N3O3S3/c1-2-11-18-26(22,23)15-8-5-13(6-9-15)19-17(24)20-16(21)10-7-14-4-3-12-25-14/h2-10,12,18H,1,11H2,(H2,19,20,21,24)/b10-7+. The molecule has 6 nitrogen and oxygen atoms in total. The normalized spacial score (nSPS) is 11.2. The molecule has 26 heavy (non-hydrogen) atoms. The van der Waals surface area contributed by atoms with E-state index in [4.69, 9.17) is 12.2 Å². The zero-order chi connectivity index (χ0) is 19.0. The minimum Gasteiger partial charge on any atom is -0.332 e. The molecule has 0 atom stereocenters. The smallest absolute Gasteiger partial charge is 0.250 e. The molecular weight excluding hydrogens is 390 g/mol. The van der Waals surface area contributed by atoms with Gasteiger partial charge in [-0.2, -0.15) is 0 Å². The quantitative estimate of drug-likeness (QED) is 0.373. The highest BCUT2D eigenvalue weighted by Gasteiger charge is 2.12. The topological polar surface area (TPSA) is 87.3 Å². The third kappa shape index (κ3) is 6.19. The Balaban J connectivity index is 1.91. The molecule has 0 aliphatic heterocycles. The number of hydrogen-bond donors (Lipinski definition) is 3. The number of benzene rings is 1. The van der Waals surface area contributed by atoms with Crippen LogP contribution < -0.4 is 15.4 Å². The Morgan fingerprint density at radius 1 is 1.23 bits per heavy atom. The van der Waals surface area contributed by atoms with Crippen LogP contribution in [0.3, 0.4) is 0 Å². The van der Waals surface area contributed by atoms with Crippen LogP contribution in [0.2, 0.25) is 0 Å². The monoisotopic (exact) mass is 407 g/mol. The molecule has 3 N–H and O–H groups in total. The van der Waals surface area contributed by atoms with Gasteiger partial charge in [0.15, 0.2) is 5.11 Å². The summed E-state index contributed by atoms with van der Waals surface area (Å²) in [6, 6.07) is 9.78. The molecule has 0 saturated carbocycles. The average Bonchev–Trinajstić information content (AvgIpc) is 3.12. The summed E-state index contributed by atoms with van der Waals surface area (Å²) in [5, 5.41) is 7.38. The van der Waals surface area contributed by atoms with Gasteiger partial charge < -0.3 is 5.32 Å². The molecule has 0 aliphatic rings. The van der Waals surface area contributed by atoms with Crippen molar-refractivity contribution in [1.82, 2.24) is 10.0 Å². The second-order valence-corrected chi connectivity index (χ2v) is 8.11. The van der Waals surface area contributed by atoms with E-state index in [-0.39, 0.29) is 22.5 Å². The predicted octanol–water partition coefficient (Wildman–Crippen LogP) is 2.74. The van der Waals surface area contributed by atoms with Crippen LogP contribution in [0, 0.1) is 0 Å². The molecule has 0 bridgehead atoms. The van der Waals surface area contributed by atoms with E-state index in [9.17, 15) is 13.2 Å². The summed E-state index contributed by atoms with van der Waals surface area (Å²) in [6.07, 6.45) is 4.54. The maximum Gasteiger partial charge on any atom is 0.250 e. The van der Waals surface area contributed by atoms with Crippen LogP contribution in [0.15, 0.2) is 65.4 Å². The minimum atomic E-state index is -3.58. The first-order chi connectivity index (χ1) is 12.4. The first-order valence-corrected chi connectivity index (χ1v) is 10.2. The third-order valence-corrected chi connectivity index (χ3v) is 5.50. The Morgan fingerprint density at radius 2 is 1.96 bits per heavy atom. The van der Waals surface area contributed by atoms with Crippen LogP contribution in [0.1, 0.15) is 4.88 Å². The SMILES string of the molecule is C=CCNS(=O)(=O)c1ccc(NC(=S)NC(=O)/C=C/c2cccs2)cc1. The second kappa shape index (κ2) is 9.39. The molecule has 1 aromatic heterocycles. The lowest BCUT2D eigenvalue weighted by Crippen LogP contribution is -2.32. The number of rotatable bonds is 7. The van der Waals surface area contributed by atoms with Gasteiger partial charge in [-0.3, -0.25) is 10.1 Å². The van der Waals surface area contributed by atoms with Gasteiger partial charge in [-0.05, 0) is 54.0 Å². The Morgan fingerprint density at radius 3 is 2.58 bits per heavy atom. The number of nitrogens with one attached hydrogen (secondary N) is 3. The van der Waals surface area contributed by atoms with Gasteiger partial charge in [0.25, 0.3) is 0 Å². The molecule has 2 rings (SSSR count). The van der Waals surface area contributed by atoms with Gasteiger partial charge in [0.1, 0.15) is 0 Å². The molecule has 1 aromatic carbocycles. The molecule has 0 unspecified atom stereocenters. The highest BCUT2D eigenvalue weighted by molar-refractivity contribution is 7.89. The molecule has 0 fully saturated rings. The van der Waals surface area contributed by atoms with E-state index in [0.717, 1.165) is 4.88 Å². The summed E-state index contributed by atoms with van der Waals surface area (Å²) in [7, 11) is -3.58. The Kier molecular flexibility index (Phi) is 7.22. The van der Waals surface area contributed by atoms with Crippen molar-refractivity contribution in [2.24, 2.45) is 0 Å². The zero-order valence-electron chi connectivity index (χ0n) is 13.6. The highest BCUT2D eigenvalue weighted by atomic mass is 32.2. The van der Waals surface area contributed by atoms with E-state index < -0.39 is 10.0 Å². The lowest BCUT2D eigenvalue weighted by atomic mass is 10.3. The Hall–Kier alpha value is -2.33. The van der Waals surface area contributed by atoms with E-state index >= 15 is 0 Å². The molecule has 0 spiro atoms. The van der Waals surface area contributed by atoms with Crippen LogP contribution in [0.4, 0.5) is 5.69 Å². The summed E-state index contributed by atoms with van der Waals surface area (Å²) in [6.45, 7) is 3.62. The van der Waals surface area contributed by atoms with Gasteiger partial charge in [-0.1, -0.05) is 12.1 Å². The minimum absolute atomic E-state index is 0.117. The first-order valence-electron chi connectivity index (χ1n) is 7.45. The van der Waals surface area contributed by atoms with E-state index in [1.54, 1.807) is 18.2 Å². The second-order valence-electron chi connectivity index (χ2n) is 4.96. The third-order valence-electron chi connectivity index (χ3n) is 3.02. The van der Waals surface area contributed by atoms with E-state index in [0.29, 0.717) is 5.69 Å². The number of carbonyl (C=O) groups excluding carboxylic acids is 1. The largest absolute Gasteiger partial charge is 0.332 e. The number of anilines is 1. The summed E-state index contributed by atoms with van der Waals surface area (Å²) < 4.78 is 26.3. The molecule has 2 aromatic rings. The van der Waals surface area contributed by atoms with Crippen LogP contribution in [0.25, 0.3) is 6.08 Å². The fourth-order valence-electron chi connectivity index (χ4n) is 1.83. The molecular formula is C17H17N3O3S3. The van der Waals surface area contributed by atoms with Crippen molar-refractivity contribution < 1.29 is 13.2 Å². The first kappa shape index (κ1) is 20.0. The number of hydrogen-bond acceptors (Lipinski definition) is 5. The van der Waals surface area contributed by atoms with Crippen LogP contribution in [0.5, 0.6) is 0 Å². The zero-order valence-corrected chi connectivity index (χ0v) is 16.1. The molecule has 0 radical (unpaired) electrons. The van der Waals surface area contributed by atoms with Crippen molar-refractivity contribution in [1.29, 1.82) is 0 Å². The summed E-state index contributed by atoms with van der Waals surface area (Å²) in [5.74, 6) is -0.358. The van der Waals surface area contributed by atoms with Gasteiger partial charge in [-0.25, -0.2) is 13.1 Å². The molecule has 1 heterocycles. The van der Waals surface area contributed by atoms with E-state index in [2.05, 4.69) is 21.9 Å². The summed E-state index contributed by atoms with van der Waals surface area (Å²) in [4.78, 5) is 12.9. The van der Waals surface area contributed by atoms with Crippen molar-refractivity contribution in [3.05, 3.63) is 65.4 Å². The van der Waals surface area contributed by atoms with Gasteiger partial charge in [0.05, 0.1) is 4.90 Å². The molecule has 136 valence electrons. The van der Waals surface area contributed by atoms with Crippen molar-refractivity contribution in [2.75, 3.05) is 11.9 Å². The Labute approximate surface area is 161 Å². The summed E-state index contributed by atoms with van der Waals surface area (Å²) in [5.41, 5.74) is 0.556. The van der Waals surface area contributed by atoms with Crippen molar-refractivity contribution in [3.63, 3.8) is 0 Å². The molecule has 1 amide bonds. The van der Waals surface area contributed by atoms with Gasteiger partial charge >= 0.3 is 0 Å². The van der Waals surface area contributed by atoms with Gasteiger partial charge in [0, 0.05) is 23.2 Å². The van der Waals surface area contributed by atoms with Crippen LogP contribution in [-0.4, -0.2) is 26.0 Å². The molecule has 0 aliphatic carbocycles. The van der Waals surface area contributed by atoms with E-state index in [1.807, 2.05) is 17.5 Å². The maximum absolute atomic E-state index is 12.0. The predicted molar refractivity (Wildman–Crippen MR) is 110 cm³/mol. The highest BCUT2D eigenvalue weighted by Crippen LogP contribution is 2.14. The van der Waals surface area contributed by atoms with Crippen LogP contribution >= 0.6 is 23.6 Å². The average molecular weight is 408 g/mol. The van der Waals surface area contributed by atoms with Crippen molar-refractivity contribution in [2.45, 2.75) is 4.90 Å². The van der Waals surface area contributed by atoms with Crippen molar-refractivity contribution >= 4 is 56.4 Å². The fourth-order valence-corrected chi connectivity index (χ4v) is 3.66. The van der Waals surface area contributed by atoms with Gasteiger partial charge in [0.2, 0.25) is 15.9 Å². The number of thiophene rings is 1. The maximum atomic E-state index is 12.0. The molecule has 9 heteroatoms. The number of carbonyl (C=O) groups is 1. The number of sulfonamides is 1. The lowest BCUT2D eigenvalue weighted by molar-refractivity contribution is -0.115. The number of amides is 1. The van der Waals surface area contributed by atoms with E-state index in [1.165, 1.54) is 35.6 Å².